The molecule has 0 unspecified atom stereocenters. The van der Waals surface area contributed by atoms with Crippen LogP contribution in [0.2, 0.25) is 0 Å². The number of H-pyrrole nitrogens is 2. The Kier molecular flexibility index (Phi) is 3.49. The van der Waals surface area contributed by atoms with Crippen LogP contribution in [0.25, 0.3) is 10.6 Å². The van der Waals surface area contributed by atoms with E-state index >= 15 is 0 Å². The molecule has 1 aliphatic rings. The lowest BCUT2D eigenvalue weighted by atomic mass is 9.93. The van der Waals surface area contributed by atoms with Crippen LogP contribution in [-0.4, -0.2) is 32.3 Å². The summed E-state index contributed by atoms with van der Waals surface area (Å²) in [7, 11) is 0. The number of aromatic amines is 2. The number of aryl methyl sites for hydroxylation is 2. The number of rotatable bonds is 3. The highest BCUT2D eigenvalue weighted by atomic mass is 32.1. The van der Waals surface area contributed by atoms with Crippen LogP contribution in [-0.2, 0) is 12.8 Å². The quantitative estimate of drug-likeness (QED) is 0.690. The third-order valence-electron chi connectivity index (χ3n) is 4.17. The minimum Gasteiger partial charge on any atom is -0.348 e. The predicted molar refractivity (Wildman–Crippen MR) is 88.5 cm³/mol. The van der Waals surface area contributed by atoms with Gasteiger partial charge in [-0.1, -0.05) is 0 Å². The molecule has 3 N–H and O–H groups in total. The SMILES string of the molecule is Cc1ccc(-c2cc(C(=O)N[C@H]3CCc4[nH]ncc4C3)n[nH]2)s1. The number of carbonyl (C=O) groups excluding carboxylic acids is 1. The molecule has 3 aromatic heterocycles. The number of nitrogens with zero attached hydrogens (tertiary/aromatic N) is 2. The molecule has 1 aliphatic carbocycles. The third-order valence-corrected chi connectivity index (χ3v) is 5.20. The van der Waals surface area contributed by atoms with Gasteiger partial charge < -0.3 is 5.32 Å². The van der Waals surface area contributed by atoms with Gasteiger partial charge in [-0.2, -0.15) is 10.2 Å². The molecule has 3 aromatic rings. The van der Waals surface area contributed by atoms with Crippen LogP contribution >= 0.6 is 11.3 Å². The Morgan fingerprint density at radius 3 is 3.13 bits per heavy atom. The van der Waals surface area contributed by atoms with E-state index in [0.29, 0.717) is 5.69 Å². The van der Waals surface area contributed by atoms with Gasteiger partial charge in [-0.25, -0.2) is 0 Å². The summed E-state index contributed by atoms with van der Waals surface area (Å²) >= 11 is 1.68. The highest BCUT2D eigenvalue weighted by Crippen LogP contribution is 2.26. The normalized spacial score (nSPS) is 17.0. The first-order valence-corrected chi connectivity index (χ1v) is 8.45. The van der Waals surface area contributed by atoms with Crippen LogP contribution in [0.3, 0.4) is 0 Å². The zero-order chi connectivity index (χ0) is 15.8. The fourth-order valence-electron chi connectivity index (χ4n) is 2.94. The van der Waals surface area contributed by atoms with Crippen molar-refractivity contribution < 1.29 is 4.79 Å². The van der Waals surface area contributed by atoms with Crippen LogP contribution < -0.4 is 5.32 Å². The number of thiophene rings is 1. The van der Waals surface area contributed by atoms with E-state index in [0.717, 1.165) is 29.8 Å². The standard InChI is InChI=1S/C16H17N5OS/c1-9-2-5-15(23-9)13-7-14(21-20-13)16(22)18-11-3-4-12-10(6-11)8-17-19-12/h2,5,7-8,11H,3-4,6H2,1H3,(H,17,19)(H,18,22)(H,20,21)/t11-/m0/s1. The van der Waals surface area contributed by atoms with Crippen LogP contribution in [0, 0.1) is 6.92 Å². The Morgan fingerprint density at radius 2 is 2.30 bits per heavy atom. The largest absolute Gasteiger partial charge is 0.348 e. The number of hydrogen-bond donors (Lipinski definition) is 3. The Morgan fingerprint density at radius 1 is 1.39 bits per heavy atom. The molecule has 0 spiro atoms. The van der Waals surface area contributed by atoms with E-state index < -0.39 is 0 Å². The van der Waals surface area contributed by atoms with E-state index in [1.165, 1.54) is 16.1 Å². The maximum absolute atomic E-state index is 12.4. The molecule has 4 rings (SSSR count). The van der Waals surface area contributed by atoms with Crippen LogP contribution in [0.1, 0.15) is 33.0 Å². The summed E-state index contributed by atoms with van der Waals surface area (Å²) in [6.45, 7) is 2.06. The molecular formula is C16H17N5OS. The molecule has 0 fully saturated rings. The van der Waals surface area contributed by atoms with Crippen molar-refractivity contribution in [1.29, 1.82) is 0 Å². The van der Waals surface area contributed by atoms with Crippen molar-refractivity contribution in [1.82, 2.24) is 25.7 Å². The minimum atomic E-state index is -0.127. The van der Waals surface area contributed by atoms with E-state index in [2.05, 4.69) is 38.7 Å². The van der Waals surface area contributed by atoms with Crippen LogP contribution in [0.15, 0.2) is 24.4 Å². The molecule has 0 saturated heterocycles. The lowest BCUT2D eigenvalue weighted by Crippen LogP contribution is -2.38. The summed E-state index contributed by atoms with van der Waals surface area (Å²) in [5, 5.41) is 17.2. The van der Waals surface area contributed by atoms with Gasteiger partial charge in [-0.3, -0.25) is 15.0 Å². The van der Waals surface area contributed by atoms with Crippen LogP contribution in [0.5, 0.6) is 0 Å². The van der Waals surface area contributed by atoms with Gasteiger partial charge >= 0.3 is 0 Å². The molecule has 0 saturated carbocycles. The van der Waals surface area contributed by atoms with Crippen LogP contribution in [0.4, 0.5) is 0 Å². The van der Waals surface area contributed by atoms with Gasteiger partial charge in [0.1, 0.15) is 0 Å². The van der Waals surface area contributed by atoms with Gasteiger partial charge in [0.15, 0.2) is 5.69 Å². The summed E-state index contributed by atoms with van der Waals surface area (Å²) in [5.41, 5.74) is 3.70. The van der Waals surface area contributed by atoms with Crippen molar-refractivity contribution in [2.75, 3.05) is 0 Å². The molecule has 7 heteroatoms. The highest BCUT2D eigenvalue weighted by molar-refractivity contribution is 7.15. The average Bonchev–Trinajstić information content (AvgIpc) is 3.26. The second kappa shape index (κ2) is 5.66. The summed E-state index contributed by atoms with van der Waals surface area (Å²) in [6.07, 6.45) is 4.50. The highest BCUT2D eigenvalue weighted by Gasteiger charge is 2.23. The molecule has 118 valence electrons. The van der Waals surface area contributed by atoms with Gasteiger partial charge in [-0.05, 0) is 49.9 Å². The van der Waals surface area contributed by atoms with E-state index in [1.54, 1.807) is 11.3 Å². The lowest BCUT2D eigenvalue weighted by molar-refractivity contribution is 0.0928. The van der Waals surface area contributed by atoms with Gasteiger partial charge in [-0.15, -0.1) is 11.3 Å². The Labute approximate surface area is 137 Å². The third kappa shape index (κ3) is 2.79. The fourth-order valence-corrected chi connectivity index (χ4v) is 3.78. The number of aromatic nitrogens is 4. The minimum absolute atomic E-state index is 0.127. The molecule has 0 bridgehead atoms. The summed E-state index contributed by atoms with van der Waals surface area (Å²) in [6, 6.07) is 6.05. The number of carbonyl (C=O) groups is 1. The fraction of sp³-hybridized carbons (Fsp3) is 0.312. The second-order valence-corrected chi connectivity index (χ2v) is 7.15. The molecular weight excluding hydrogens is 310 g/mol. The molecule has 0 aliphatic heterocycles. The first-order chi connectivity index (χ1) is 11.2. The van der Waals surface area contributed by atoms with Crippen molar-refractivity contribution in [2.45, 2.75) is 32.2 Å². The van der Waals surface area contributed by atoms with Crippen molar-refractivity contribution in [3.05, 3.63) is 46.2 Å². The monoisotopic (exact) mass is 327 g/mol. The van der Waals surface area contributed by atoms with E-state index in [9.17, 15) is 4.79 Å². The zero-order valence-corrected chi connectivity index (χ0v) is 13.5. The molecule has 0 radical (unpaired) electrons. The average molecular weight is 327 g/mol. The molecule has 6 nitrogen and oxygen atoms in total. The molecule has 1 atom stereocenters. The number of hydrogen-bond acceptors (Lipinski definition) is 4. The molecule has 1 amide bonds. The van der Waals surface area contributed by atoms with E-state index in [1.807, 2.05) is 18.3 Å². The number of fused-ring (bicyclic) bond motifs is 1. The van der Waals surface area contributed by atoms with Gasteiger partial charge in [0, 0.05) is 16.6 Å². The Bertz CT molecular complexity index is 846. The number of amides is 1. The second-order valence-electron chi connectivity index (χ2n) is 5.86. The van der Waals surface area contributed by atoms with E-state index in [-0.39, 0.29) is 11.9 Å². The summed E-state index contributed by atoms with van der Waals surface area (Å²) in [4.78, 5) is 14.7. The summed E-state index contributed by atoms with van der Waals surface area (Å²) < 4.78 is 0. The van der Waals surface area contributed by atoms with Crippen molar-refractivity contribution >= 4 is 17.2 Å². The first kappa shape index (κ1) is 14.2. The van der Waals surface area contributed by atoms with Crippen molar-refractivity contribution in [3.8, 4) is 10.6 Å². The summed E-state index contributed by atoms with van der Waals surface area (Å²) in [5.74, 6) is -0.127. The van der Waals surface area contributed by atoms with Crippen molar-refractivity contribution in [2.24, 2.45) is 0 Å². The maximum Gasteiger partial charge on any atom is 0.272 e. The van der Waals surface area contributed by atoms with Gasteiger partial charge in [0.2, 0.25) is 0 Å². The molecule has 0 aromatic carbocycles. The molecule has 3 heterocycles. The first-order valence-electron chi connectivity index (χ1n) is 7.63. The zero-order valence-electron chi connectivity index (χ0n) is 12.7. The Hall–Kier alpha value is -2.41. The molecule has 23 heavy (non-hydrogen) atoms. The predicted octanol–water partition coefficient (Wildman–Crippen LogP) is 2.46. The van der Waals surface area contributed by atoms with Gasteiger partial charge in [0.05, 0.1) is 16.8 Å². The maximum atomic E-state index is 12.4. The van der Waals surface area contributed by atoms with E-state index in [4.69, 9.17) is 0 Å². The number of nitrogens with one attached hydrogen (secondary N) is 3. The van der Waals surface area contributed by atoms with Gasteiger partial charge in [0.25, 0.3) is 5.91 Å². The Balaban J connectivity index is 1.45. The smallest absolute Gasteiger partial charge is 0.272 e. The topological polar surface area (TPSA) is 86.5 Å². The van der Waals surface area contributed by atoms with Crippen molar-refractivity contribution in [3.63, 3.8) is 0 Å². The lowest BCUT2D eigenvalue weighted by Gasteiger charge is -2.22.